The summed E-state index contributed by atoms with van der Waals surface area (Å²) >= 11 is 4.25. The van der Waals surface area contributed by atoms with Gasteiger partial charge in [0.15, 0.2) is 0 Å². The van der Waals surface area contributed by atoms with Gasteiger partial charge in [-0.3, -0.25) is 0 Å². The highest BCUT2D eigenvalue weighted by Gasteiger charge is 2.02. The first-order valence-corrected chi connectivity index (χ1v) is 8.17. The minimum Gasteiger partial charge on any atom is -0.0901 e. The van der Waals surface area contributed by atoms with Crippen LogP contribution in [0.25, 0.3) is 0 Å². The highest BCUT2D eigenvalue weighted by molar-refractivity contribution is 14.1. The molecule has 0 aliphatic rings. The zero-order valence-corrected chi connectivity index (χ0v) is 13.7. The van der Waals surface area contributed by atoms with Gasteiger partial charge in [-0.2, -0.15) is 0 Å². The fourth-order valence-electron chi connectivity index (χ4n) is 1.81. The van der Waals surface area contributed by atoms with Crippen molar-refractivity contribution in [1.82, 2.24) is 0 Å². The molecule has 0 atom stereocenters. The summed E-state index contributed by atoms with van der Waals surface area (Å²) in [5.74, 6) is 0. The Hall–Kier alpha value is -0.480. The van der Waals surface area contributed by atoms with Gasteiger partial charge in [0.25, 0.3) is 0 Å². The first-order chi connectivity index (χ1) is 8.72. The standard InChI is InChI=1S/C16H17IS/c1-3-12-5-7-14(8-6-12)18-15-9-10-16(17)13(4-2)11-15/h5-11H,3-4H2,1-2H3. The third-order valence-electron chi connectivity index (χ3n) is 2.97. The van der Waals surface area contributed by atoms with Crippen LogP contribution in [0.2, 0.25) is 0 Å². The molecule has 0 nitrogen and oxygen atoms in total. The average Bonchev–Trinajstić information content (AvgIpc) is 2.42. The lowest BCUT2D eigenvalue weighted by atomic mass is 10.2. The summed E-state index contributed by atoms with van der Waals surface area (Å²) in [6, 6.07) is 15.6. The SMILES string of the molecule is CCc1ccc(Sc2ccc(I)c(CC)c2)cc1. The van der Waals surface area contributed by atoms with E-state index in [-0.39, 0.29) is 0 Å². The normalized spacial score (nSPS) is 10.6. The molecule has 0 bridgehead atoms. The van der Waals surface area contributed by atoms with Gasteiger partial charge in [-0.05, 0) is 76.9 Å². The van der Waals surface area contributed by atoms with E-state index < -0.39 is 0 Å². The fourth-order valence-corrected chi connectivity index (χ4v) is 3.41. The smallest absolute Gasteiger partial charge is 0.0163 e. The van der Waals surface area contributed by atoms with Crippen molar-refractivity contribution in [2.45, 2.75) is 36.5 Å². The third-order valence-corrected chi connectivity index (χ3v) is 5.02. The summed E-state index contributed by atoms with van der Waals surface area (Å²) in [5.41, 5.74) is 2.84. The van der Waals surface area contributed by atoms with E-state index in [1.165, 1.54) is 24.5 Å². The molecule has 0 unspecified atom stereocenters. The summed E-state index contributed by atoms with van der Waals surface area (Å²) in [7, 11) is 0. The second kappa shape index (κ2) is 6.62. The Bertz CT molecular complexity index is 517. The number of benzene rings is 2. The van der Waals surface area contributed by atoms with E-state index in [4.69, 9.17) is 0 Å². The Morgan fingerprint density at radius 1 is 0.889 bits per heavy atom. The Morgan fingerprint density at radius 2 is 1.56 bits per heavy atom. The molecule has 0 aromatic heterocycles. The second-order valence-corrected chi connectivity index (χ2v) is 6.52. The largest absolute Gasteiger partial charge is 0.0901 e. The van der Waals surface area contributed by atoms with Crippen molar-refractivity contribution in [2.75, 3.05) is 0 Å². The van der Waals surface area contributed by atoms with Crippen molar-refractivity contribution >= 4 is 34.4 Å². The van der Waals surface area contributed by atoms with Gasteiger partial charge in [-0.15, -0.1) is 0 Å². The number of hydrogen-bond acceptors (Lipinski definition) is 1. The monoisotopic (exact) mass is 368 g/mol. The summed E-state index contributed by atoms with van der Waals surface area (Å²) in [6.45, 7) is 4.40. The first-order valence-electron chi connectivity index (χ1n) is 6.28. The number of hydrogen-bond donors (Lipinski definition) is 0. The molecule has 0 aliphatic heterocycles. The van der Waals surface area contributed by atoms with Crippen LogP contribution in [0.1, 0.15) is 25.0 Å². The van der Waals surface area contributed by atoms with Gasteiger partial charge < -0.3 is 0 Å². The maximum atomic E-state index is 2.41. The lowest BCUT2D eigenvalue weighted by Gasteiger charge is -2.06. The quantitative estimate of drug-likeness (QED) is 0.636. The molecule has 0 aliphatic carbocycles. The zero-order chi connectivity index (χ0) is 13.0. The molecule has 0 saturated heterocycles. The molecule has 2 aromatic carbocycles. The van der Waals surface area contributed by atoms with Crippen molar-refractivity contribution in [1.29, 1.82) is 0 Å². The minimum atomic E-state index is 1.10. The highest BCUT2D eigenvalue weighted by atomic mass is 127. The second-order valence-electron chi connectivity index (χ2n) is 4.21. The molecule has 2 rings (SSSR count). The molecule has 94 valence electrons. The number of halogens is 1. The van der Waals surface area contributed by atoms with E-state index >= 15 is 0 Å². The van der Waals surface area contributed by atoms with Gasteiger partial charge in [-0.1, -0.05) is 37.7 Å². The predicted octanol–water partition coefficient (Wildman–Crippen LogP) is 5.57. The zero-order valence-electron chi connectivity index (χ0n) is 10.7. The van der Waals surface area contributed by atoms with Crippen LogP contribution in [0.4, 0.5) is 0 Å². The molecule has 2 heteroatoms. The summed E-state index contributed by atoms with van der Waals surface area (Å²) in [4.78, 5) is 2.65. The lowest BCUT2D eigenvalue weighted by Crippen LogP contribution is -1.86. The predicted molar refractivity (Wildman–Crippen MR) is 88.5 cm³/mol. The van der Waals surface area contributed by atoms with Crippen LogP contribution in [0, 0.1) is 3.57 Å². The highest BCUT2D eigenvalue weighted by Crippen LogP contribution is 2.30. The van der Waals surface area contributed by atoms with Gasteiger partial charge in [-0.25, -0.2) is 0 Å². The molecule has 0 fully saturated rings. The molecule has 0 radical (unpaired) electrons. The van der Waals surface area contributed by atoms with Gasteiger partial charge in [0.2, 0.25) is 0 Å². The van der Waals surface area contributed by atoms with Crippen molar-refractivity contribution in [3.8, 4) is 0 Å². The van der Waals surface area contributed by atoms with Crippen molar-refractivity contribution in [2.24, 2.45) is 0 Å². The van der Waals surface area contributed by atoms with E-state index in [1.54, 1.807) is 0 Å². The number of aryl methyl sites for hydroxylation is 2. The Labute approximate surface area is 127 Å². The van der Waals surface area contributed by atoms with Crippen LogP contribution in [0.5, 0.6) is 0 Å². The molecular weight excluding hydrogens is 351 g/mol. The maximum absolute atomic E-state index is 2.41. The average molecular weight is 368 g/mol. The van der Waals surface area contributed by atoms with Gasteiger partial charge in [0, 0.05) is 13.4 Å². The molecule has 2 aromatic rings. The van der Waals surface area contributed by atoms with Gasteiger partial charge in [0.05, 0.1) is 0 Å². The van der Waals surface area contributed by atoms with E-state index in [9.17, 15) is 0 Å². The summed E-state index contributed by atoms with van der Waals surface area (Å²) < 4.78 is 1.36. The Morgan fingerprint density at radius 3 is 2.17 bits per heavy atom. The van der Waals surface area contributed by atoms with Crippen LogP contribution in [0.15, 0.2) is 52.3 Å². The van der Waals surface area contributed by atoms with E-state index in [2.05, 4.69) is 78.9 Å². The van der Waals surface area contributed by atoms with Crippen molar-refractivity contribution in [3.05, 3.63) is 57.2 Å². The van der Waals surface area contributed by atoms with Crippen LogP contribution >= 0.6 is 34.4 Å². The van der Waals surface area contributed by atoms with Gasteiger partial charge >= 0.3 is 0 Å². The van der Waals surface area contributed by atoms with Crippen LogP contribution < -0.4 is 0 Å². The van der Waals surface area contributed by atoms with E-state index in [0.717, 1.165) is 12.8 Å². The first kappa shape index (κ1) is 13.9. The summed E-state index contributed by atoms with van der Waals surface area (Å²) in [6.07, 6.45) is 2.20. The Balaban J connectivity index is 2.17. The molecule has 0 N–H and O–H groups in total. The van der Waals surface area contributed by atoms with E-state index in [1.807, 2.05) is 11.8 Å². The van der Waals surface area contributed by atoms with Crippen molar-refractivity contribution < 1.29 is 0 Å². The van der Waals surface area contributed by atoms with E-state index in [0.29, 0.717) is 0 Å². The van der Waals surface area contributed by atoms with Crippen LogP contribution in [-0.2, 0) is 12.8 Å². The molecule has 0 spiro atoms. The fraction of sp³-hybridized carbons (Fsp3) is 0.250. The molecular formula is C16H17IS. The third kappa shape index (κ3) is 3.51. The minimum absolute atomic E-state index is 1.10. The van der Waals surface area contributed by atoms with Crippen LogP contribution in [0.3, 0.4) is 0 Å². The molecule has 0 amide bonds. The Kier molecular flexibility index (Phi) is 5.13. The molecule has 0 saturated carbocycles. The van der Waals surface area contributed by atoms with Crippen LogP contribution in [-0.4, -0.2) is 0 Å². The lowest BCUT2D eigenvalue weighted by molar-refractivity contribution is 1.11. The van der Waals surface area contributed by atoms with Gasteiger partial charge in [0.1, 0.15) is 0 Å². The topological polar surface area (TPSA) is 0 Å². The maximum Gasteiger partial charge on any atom is 0.0163 e. The van der Waals surface area contributed by atoms with Crippen molar-refractivity contribution in [3.63, 3.8) is 0 Å². The molecule has 0 heterocycles. The molecule has 18 heavy (non-hydrogen) atoms. The number of rotatable bonds is 4. The summed E-state index contributed by atoms with van der Waals surface area (Å²) in [5, 5.41) is 0.